The molecule has 17 heavy (non-hydrogen) atoms. The zero-order valence-electron chi connectivity index (χ0n) is 9.13. The lowest BCUT2D eigenvalue weighted by molar-refractivity contribution is -0.153. The molecule has 0 fully saturated rings. The molecule has 0 heterocycles. The van der Waals surface area contributed by atoms with Crippen molar-refractivity contribution in [1.82, 2.24) is 0 Å². The normalized spacial score (nSPS) is 14.1. The van der Waals surface area contributed by atoms with Gasteiger partial charge in [0.2, 0.25) is 0 Å². The topological polar surface area (TPSA) is 87.0 Å². The van der Waals surface area contributed by atoms with Gasteiger partial charge in [0.1, 0.15) is 17.7 Å². The van der Waals surface area contributed by atoms with E-state index < -0.39 is 24.0 Å². The second-order valence-electron chi connectivity index (χ2n) is 3.34. The summed E-state index contributed by atoms with van der Waals surface area (Å²) < 4.78 is 18.5. The van der Waals surface area contributed by atoms with Gasteiger partial charge >= 0.3 is 5.97 Å². The van der Waals surface area contributed by atoms with Crippen molar-refractivity contribution in [3.8, 4) is 5.75 Å². The summed E-state index contributed by atoms with van der Waals surface area (Å²) in [5.74, 6) is -2.18. The molecule has 0 saturated carbocycles. The average molecular weight is 244 g/mol. The van der Waals surface area contributed by atoms with Gasteiger partial charge in [0.15, 0.2) is 6.10 Å². The highest BCUT2D eigenvalue weighted by molar-refractivity contribution is 5.73. The van der Waals surface area contributed by atoms with Gasteiger partial charge in [-0.1, -0.05) is 0 Å². The molecule has 0 radical (unpaired) electrons. The van der Waals surface area contributed by atoms with Crippen LogP contribution < -0.4 is 4.74 Å². The Hall–Kier alpha value is -1.66. The molecule has 0 spiro atoms. The smallest absolute Gasteiger partial charge is 0.335 e. The highest BCUT2D eigenvalue weighted by Crippen LogP contribution is 2.24. The van der Waals surface area contributed by atoms with Crippen LogP contribution >= 0.6 is 0 Å². The van der Waals surface area contributed by atoms with Crippen molar-refractivity contribution >= 4 is 5.97 Å². The van der Waals surface area contributed by atoms with E-state index in [9.17, 15) is 14.3 Å². The molecule has 6 heteroatoms. The number of ether oxygens (including phenoxy) is 1. The number of aliphatic hydroxyl groups is 2. The lowest BCUT2D eigenvalue weighted by Gasteiger charge is -2.15. The van der Waals surface area contributed by atoms with E-state index in [2.05, 4.69) is 0 Å². The third-order valence-electron chi connectivity index (χ3n) is 2.15. The summed E-state index contributed by atoms with van der Waals surface area (Å²) in [6, 6.07) is 3.59. The summed E-state index contributed by atoms with van der Waals surface area (Å²) in [6.07, 6.45) is -3.88. The van der Waals surface area contributed by atoms with Crippen LogP contribution in [-0.2, 0) is 4.79 Å². The third kappa shape index (κ3) is 3.15. The van der Waals surface area contributed by atoms with Crippen molar-refractivity contribution < 1.29 is 29.2 Å². The number of benzene rings is 1. The molecule has 0 aliphatic heterocycles. The minimum absolute atomic E-state index is 0.269. The van der Waals surface area contributed by atoms with Crippen LogP contribution in [0.4, 0.5) is 4.39 Å². The average Bonchev–Trinajstić information content (AvgIpc) is 2.27. The summed E-state index contributed by atoms with van der Waals surface area (Å²) in [6.45, 7) is 2.09. The van der Waals surface area contributed by atoms with E-state index >= 15 is 0 Å². The molecule has 0 bridgehead atoms. The Morgan fingerprint density at radius 1 is 1.47 bits per heavy atom. The first kappa shape index (κ1) is 13.4. The Morgan fingerprint density at radius 2 is 2.12 bits per heavy atom. The van der Waals surface area contributed by atoms with Gasteiger partial charge < -0.3 is 20.1 Å². The summed E-state index contributed by atoms with van der Waals surface area (Å²) in [5.41, 5.74) is -0.289. The first-order chi connectivity index (χ1) is 7.97. The van der Waals surface area contributed by atoms with Crippen LogP contribution in [0, 0.1) is 5.82 Å². The summed E-state index contributed by atoms with van der Waals surface area (Å²) in [5, 5.41) is 27.0. The van der Waals surface area contributed by atoms with Gasteiger partial charge in [0.25, 0.3) is 0 Å². The number of carbonyl (C=O) groups is 1. The highest BCUT2D eigenvalue weighted by Gasteiger charge is 2.27. The minimum Gasteiger partial charge on any atom is -0.494 e. The predicted octanol–water partition coefficient (Wildman–Crippen LogP) is 0.703. The van der Waals surface area contributed by atoms with Crippen LogP contribution in [0.25, 0.3) is 0 Å². The summed E-state index contributed by atoms with van der Waals surface area (Å²) in [4.78, 5) is 10.4. The molecule has 0 saturated heterocycles. The van der Waals surface area contributed by atoms with Gasteiger partial charge in [0, 0.05) is 11.6 Å². The maximum atomic E-state index is 13.5. The molecule has 1 rings (SSSR count). The van der Waals surface area contributed by atoms with E-state index in [4.69, 9.17) is 14.9 Å². The zero-order valence-corrected chi connectivity index (χ0v) is 9.13. The number of carboxylic acid groups (broad SMARTS) is 1. The van der Waals surface area contributed by atoms with Crippen molar-refractivity contribution in [2.45, 2.75) is 19.1 Å². The number of hydrogen-bond donors (Lipinski definition) is 3. The van der Waals surface area contributed by atoms with Gasteiger partial charge in [-0.2, -0.15) is 0 Å². The first-order valence-corrected chi connectivity index (χ1v) is 4.98. The van der Waals surface area contributed by atoms with E-state index in [0.29, 0.717) is 6.61 Å². The molecule has 5 nitrogen and oxygen atoms in total. The van der Waals surface area contributed by atoms with Crippen molar-refractivity contribution in [3.63, 3.8) is 0 Å². The Balaban J connectivity index is 2.95. The lowest BCUT2D eigenvalue weighted by Crippen LogP contribution is -2.28. The number of halogens is 1. The van der Waals surface area contributed by atoms with Gasteiger partial charge in [-0.3, -0.25) is 0 Å². The van der Waals surface area contributed by atoms with Gasteiger partial charge in [-0.05, 0) is 19.1 Å². The second kappa shape index (κ2) is 5.60. The van der Waals surface area contributed by atoms with E-state index in [1.165, 1.54) is 12.1 Å². The standard InChI is InChI=1S/C11H13FO5/c1-2-17-6-3-4-7(8(12)5-6)9(13)10(14)11(15)16/h3-5,9-10,13-14H,2H2,1H3,(H,15,16). The second-order valence-corrected chi connectivity index (χ2v) is 3.34. The van der Waals surface area contributed by atoms with Crippen molar-refractivity contribution in [2.75, 3.05) is 6.61 Å². The number of carboxylic acids is 1. The van der Waals surface area contributed by atoms with Crippen LogP contribution in [0.2, 0.25) is 0 Å². The maximum Gasteiger partial charge on any atom is 0.335 e. The zero-order chi connectivity index (χ0) is 13.0. The molecule has 0 aliphatic carbocycles. The van der Waals surface area contributed by atoms with E-state index in [0.717, 1.165) is 6.07 Å². The Bertz CT molecular complexity index is 407. The molecule has 2 atom stereocenters. The van der Waals surface area contributed by atoms with Crippen LogP contribution in [0.5, 0.6) is 5.75 Å². The Kier molecular flexibility index (Phi) is 4.42. The lowest BCUT2D eigenvalue weighted by atomic mass is 10.0. The van der Waals surface area contributed by atoms with Crippen LogP contribution in [0.1, 0.15) is 18.6 Å². The summed E-state index contributed by atoms with van der Waals surface area (Å²) >= 11 is 0. The number of aliphatic hydroxyl groups excluding tert-OH is 2. The molecule has 2 unspecified atom stereocenters. The Morgan fingerprint density at radius 3 is 2.59 bits per heavy atom. The van der Waals surface area contributed by atoms with Crippen molar-refractivity contribution in [1.29, 1.82) is 0 Å². The third-order valence-corrected chi connectivity index (χ3v) is 2.15. The monoisotopic (exact) mass is 244 g/mol. The van der Waals surface area contributed by atoms with Gasteiger partial charge in [-0.25, -0.2) is 9.18 Å². The quantitative estimate of drug-likeness (QED) is 0.709. The number of hydrogen-bond acceptors (Lipinski definition) is 4. The molecular weight excluding hydrogens is 231 g/mol. The minimum atomic E-state index is -2.07. The molecule has 3 N–H and O–H groups in total. The molecule has 1 aromatic carbocycles. The maximum absolute atomic E-state index is 13.5. The molecule has 0 aliphatic rings. The van der Waals surface area contributed by atoms with Crippen LogP contribution in [0.3, 0.4) is 0 Å². The molecule has 0 amide bonds. The number of rotatable bonds is 5. The van der Waals surface area contributed by atoms with Crippen LogP contribution in [0.15, 0.2) is 18.2 Å². The van der Waals surface area contributed by atoms with Gasteiger partial charge in [-0.15, -0.1) is 0 Å². The Labute approximate surface area is 97.1 Å². The largest absolute Gasteiger partial charge is 0.494 e. The van der Waals surface area contributed by atoms with Crippen LogP contribution in [-0.4, -0.2) is 34.0 Å². The first-order valence-electron chi connectivity index (χ1n) is 4.98. The summed E-state index contributed by atoms with van der Waals surface area (Å²) in [7, 11) is 0. The molecule has 0 aromatic heterocycles. The van der Waals surface area contributed by atoms with Crippen molar-refractivity contribution in [2.24, 2.45) is 0 Å². The van der Waals surface area contributed by atoms with E-state index in [-0.39, 0.29) is 11.3 Å². The number of aliphatic carboxylic acids is 1. The van der Waals surface area contributed by atoms with E-state index in [1.807, 2.05) is 0 Å². The fraction of sp³-hybridized carbons (Fsp3) is 0.364. The fourth-order valence-corrected chi connectivity index (χ4v) is 1.31. The molecule has 1 aromatic rings. The highest BCUT2D eigenvalue weighted by atomic mass is 19.1. The SMILES string of the molecule is CCOc1ccc(C(O)C(O)C(=O)O)c(F)c1. The van der Waals surface area contributed by atoms with Crippen molar-refractivity contribution in [3.05, 3.63) is 29.6 Å². The fourth-order valence-electron chi connectivity index (χ4n) is 1.31. The van der Waals surface area contributed by atoms with Gasteiger partial charge in [0.05, 0.1) is 6.61 Å². The van der Waals surface area contributed by atoms with E-state index in [1.54, 1.807) is 6.92 Å². The predicted molar refractivity (Wildman–Crippen MR) is 56.2 cm³/mol. The molecule has 94 valence electrons. The molecular formula is C11H13FO5.